The zero-order valence-electron chi connectivity index (χ0n) is 13.3. The molecule has 0 aromatic heterocycles. The molecule has 120 valence electrons. The molecule has 1 rings (SSSR count). The van der Waals surface area contributed by atoms with Gasteiger partial charge in [0.05, 0.1) is 18.2 Å². The Balaban J connectivity index is 0.00000361. The van der Waals surface area contributed by atoms with Crippen molar-refractivity contribution in [3.05, 3.63) is 0 Å². The highest BCUT2D eigenvalue weighted by atomic mass is 35.5. The van der Waals surface area contributed by atoms with Crippen LogP contribution >= 0.6 is 12.4 Å². The topological polar surface area (TPSA) is 64.3 Å². The maximum atomic E-state index is 11.9. The Morgan fingerprint density at radius 3 is 2.45 bits per heavy atom. The van der Waals surface area contributed by atoms with Gasteiger partial charge >= 0.3 is 0 Å². The van der Waals surface area contributed by atoms with E-state index in [0.29, 0.717) is 31.4 Å². The third kappa shape index (κ3) is 6.91. The molecule has 1 aliphatic carbocycles. The number of ether oxygens (including phenoxy) is 1. The first kappa shape index (κ1) is 19.7. The van der Waals surface area contributed by atoms with E-state index in [9.17, 15) is 4.79 Å². The third-order valence-corrected chi connectivity index (χ3v) is 3.86. The lowest BCUT2D eigenvalue weighted by Crippen LogP contribution is -2.53. The van der Waals surface area contributed by atoms with Crippen LogP contribution in [0.25, 0.3) is 0 Å². The van der Waals surface area contributed by atoms with E-state index in [0.717, 1.165) is 6.42 Å². The number of amides is 1. The normalized spacial score (nSPS) is 19.1. The molecule has 5 heteroatoms. The van der Waals surface area contributed by atoms with Gasteiger partial charge in [-0.3, -0.25) is 4.79 Å². The second-order valence-electron chi connectivity index (χ2n) is 6.50. The molecule has 1 aliphatic rings. The van der Waals surface area contributed by atoms with Gasteiger partial charge in [-0.05, 0) is 44.9 Å². The molecule has 1 amide bonds. The van der Waals surface area contributed by atoms with E-state index in [1.165, 1.54) is 12.8 Å². The Labute approximate surface area is 129 Å². The molecule has 0 aliphatic heterocycles. The summed E-state index contributed by atoms with van der Waals surface area (Å²) in [6.07, 6.45) is 4.03. The van der Waals surface area contributed by atoms with Gasteiger partial charge in [-0.15, -0.1) is 12.4 Å². The van der Waals surface area contributed by atoms with Crippen LogP contribution in [0.5, 0.6) is 0 Å². The quantitative estimate of drug-likeness (QED) is 0.688. The fourth-order valence-corrected chi connectivity index (χ4v) is 2.51. The summed E-state index contributed by atoms with van der Waals surface area (Å²) < 4.78 is 5.66. The van der Waals surface area contributed by atoms with E-state index in [1.807, 2.05) is 6.92 Å². The van der Waals surface area contributed by atoms with Crippen LogP contribution in [0.4, 0.5) is 0 Å². The standard InChI is InChI=1S/C15H30N2O2.ClH/c1-11(2)9-12(3)19-8-7-14(18)17-15(4,10-16)13-5-6-13;/h11-13H,5-10,16H2,1-4H3,(H,17,18);1H. The molecule has 0 radical (unpaired) electrons. The van der Waals surface area contributed by atoms with Crippen molar-refractivity contribution in [2.24, 2.45) is 17.6 Å². The Morgan fingerprint density at radius 2 is 2.00 bits per heavy atom. The third-order valence-electron chi connectivity index (χ3n) is 3.86. The predicted octanol–water partition coefficient (Wildman–Crippen LogP) is 2.49. The van der Waals surface area contributed by atoms with Gasteiger partial charge < -0.3 is 15.8 Å². The number of carbonyl (C=O) groups excluding carboxylic acids is 1. The second kappa shape index (κ2) is 8.85. The molecule has 0 heterocycles. The summed E-state index contributed by atoms with van der Waals surface area (Å²) in [7, 11) is 0. The maximum Gasteiger partial charge on any atom is 0.222 e. The van der Waals surface area contributed by atoms with E-state index in [-0.39, 0.29) is 30.0 Å². The highest BCUT2D eigenvalue weighted by Crippen LogP contribution is 2.38. The summed E-state index contributed by atoms with van der Waals surface area (Å²) in [4.78, 5) is 11.9. The molecule has 1 fully saturated rings. The average Bonchev–Trinajstić information content (AvgIpc) is 3.11. The first-order valence-electron chi connectivity index (χ1n) is 7.50. The molecule has 2 unspecified atom stereocenters. The predicted molar refractivity (Wildman–Crippen MR) is 85.1 cm³/mol. The van der Waals surface area contributed by atoms with Gasteiger partial charge in [-0.1, -0.05) is 13.8 Å². The van der Waals surface area contributed by atoms with Crippen molar-refractivity contribution in [2.75, 3.05) is 13.2 Å². The van der Waals surface area contributed by atoms with Gasteiger partial charge in [-0.2, -0.15) is 0 Å². The van der Waals surface area contributed by atoms with Crippen molar-refractivity contribution in [1.29, 1.82) is 0 Å². The van der Waals surface area contributed by atoms with E-state index in [4.69, 9.17) is 10.5 Å². The van der Waals surface area contributed by atoms with Crippen molar-refractivity contribution in [1.82, 2.24) is 5.32 Å². The maximum absolute atomic E-state index is 11.9. The Hall–Kier alpha value is -0.320. The van der Waals surface area contributed by atoms with E-state index >= 15 is 0 Å². The zero-order chi connectivity index (χ0) is 14.5. The SMILES string of the molecule is CC(C)CC(C)OCCC(=O)NC(C)(CN)C1CC1.Cl. The van der Waals surface area contributed by atoms with Crippen LogP contribution in [0.15, 0.2) is 0 Å². The van der Waals surface area contributed by atoms with Crippen LogP contribution in [0.2, 0.25) is 0 Å². The van der Waals surface area contributed by atoms with Crippen LogP contribution in [0.3, 0.4) is 0 Å². The van der Waals surface area contributed by atoms with E-state index < -0.39 is 0 Å². The minimum atomic E-state index is -0.222. The van der Waals surface area contributed by atoms with E-state index in [1.54, 1.807) is 0 Å². The van der Waals surface area contributed by atoms with Crippen LogP contribution < -0.4 is 11.1 Å². The highest BCUT2D eigenvalue weighted by Gasteiger charge is 2.41. The molecule has 0 saturated heterocycles. The molecule has 0 aromatic rings. The van der Waals surface area contributed by atoms with Gasteiger partial charge in [-0.25, -0.2) is 0 Å². The van der Waals surface area contributed by atoms with Crippen molar-refractivity contribution in [2.45, 2.75) is 65.0 Å². The molecule has 20 heavy (non-hydrogen) atoms. The molecular formula is C15H31ClN2O2. The van der Waals surface area contributed by atoms with Crippen molar-refractivity contribution in [3.8, 4) is 0 Å². The number of hydrogen-bond donors (Lipinski definition) is 2. The molecule has 0 bridgehead atoms. The van der Waals surface area contributed by atoms with Crippen LogP contribution in [-0.2, 0) is 9.53 Å². The number of rotatable bonds is 9. The molecule has 0 aromatic carbocycles. The lowest BCUT2D eigenvalue weighted by Gasteiger charge is -2.29. The lowest BCUT2D eigenvalue weighted by molar-refractivity contribution is -0.124. The Bertz CT molecular complexity index is 296. The first-order valence-corrected chi connectivity index (χ1v) is 7.50. The number of hydrogen-bond acceptors (Lipinski definition) is 3. The number of halogens is 1. The number of nitrogens with one attached hydrogen (secondary N) is 1. The molecular weight excluding hydrogens is 276 g/mol. The van der Waals surface area contributed by atoms with Gasteiger partial charge in [0.15, 0.2) is 0 Å². The van der Waals surface area contributed by atoms with Gasteiger partial charge in [0.2, 0.25) is 5.91 Å². The zero-order valence-corrected chi connectivity index (χ0v) is 14.1. The van der Waals surface area contributed by atoms with Crippen LogP contribution in [0, 0.1) is 11.8 Å². The van der Waals surface area contributed by atoms with Crippen LogP contribution in [-0.4, -0.2) is 30.7 Å². The van der Waals surface area contributed by atoms with Crippen molar-refractivity contribution < 1.29 is 9.53 Å². The van der Waals surface area contributed by atoms with Gasteiger partial charge in [0.1, 0.15) is 0 Å². The minimum Gasteiger partial charge on any atom is -0.378 e. The molecule has 0 spiro atoms. The molecule has 2 atom stereocenters. The average molecular weight is 307 g/mol. The minimum absolute atomic E-state index is 0. The lowest BCUT2D eigenvalue weighted by atomic mass is 9.96. The largest absolute Gasteiger partial charge is 0.378 e. The summed E-state index contributed by atoms with van der Waals surface area (Å²) in [5.41, 5.74) is 5.56. The summed E-state index contributed by atoms with van der Waals surface area (Å²) in [6.45, 7) is 9.46. The monoisotopic (exact) mass is 306 g/mol. The number of carbonyl (C=O) groups is 1. The van der Waals surface area contributed by atoms with Crippen molar-refractivity contribution >= 4 is 18.3 Å². The van der Waals surface area contributed by atoms with Crippen LogP contribution in [0.1, 0.15) is 53.4 Å². The Morgan fingerprint density at radius 1 is 1.40 bits per heavy atom. The summed E-state index contributed by atoms with van der Waals surface area (Å²) >= 11 is 0. The molecule has 3 N–H and O–H groups in total. The fourth-order valence-electron chi connectivity index (χ4n) is 2.51. The summed E-state index contributed by atoms with van der Waals surface area (Å²) in [6, 6.07) is 0. The van der Waals surface area contributed by atoms with Crippen molar-refractivity contribution in [3.63, 3.8) is 0 Å². The summed E-state index contributed by atoms with van der Waals surface area (Å²) in [5, 5.41) is 3.08. The summed E-state index contributed by atoms with van der Waals surface area (Å²) in [5.74, 6) is 1.23. The van der Waals surface area contributed by atoms with E-state index in [2.05, 4.69) is 26.1 Å². The highest BCUT2D eigenvalue weighted by molar-refractivity contribution is 5.85. The van der Waals surface area contributed by atoms with Gasteiger partial charge in [0.25, 0.3) is 0 Å². The Kier molecular flexibility index (Phi) is 8.71. The molecule has 4 nitrogen and oxygen atoms in total. The molecule has 1 saturated carbocycles. The fraction of sp³-hybridized carbons (Fsp3) is 0.933. The first-order chi connectivity index (χ1) is 8.87. The second-order valence-corrected chi connectivity index (χ2v) is 6.50. The van der Waals surface area contributed by atoms with Gasteiger partial charge in [0, 0.05) is 13.0 Å². The smallest absolute Gasteiger partial charge is 0.222 e. The number of nitrogens with two attached hydrogens (primary N) is 1.